The van der Waals surface area contributed by atoms with Gasteiger partial charge in [0.2, 0.25) is 0 Å². The highest BCUT2D eigenvalue weighted by molar-refractivity contribution is 9.10. The molecule has 0 fully saturated rings. The average Bonchev–Trinajstić information content (AvgIpc) is 2.82. The van der Waals surface area contributed by atoms with Crippen molar-refractivity contribution < 1.29 is 4.74 Å². The van der Waals surface area contributed by atoms with Gasteiger partial charge in [-0.1, -0.05) is 5.92 Å². The highest BCUT2D eigenvalue weighted by Crippen LogP contribution is 2.25. The van der Waals surface area contributed by atoms with E-state index in [2.05, 4.69) is 42.7 Å². The predicted octanol–water partition coefficient (Wildman–Crippen LogP) is 3.02. The van der Waals surface area contributed by atoms with Crippen molar-refractivity contribution in [1.82, 2.24) is 15.0 Å². The summed E-state index contributed by atoms with van der Waals surface area (Å²) in [6.07, 6.45) is 1.54. The van der Waals surface area contributed by atoms with Crippen molar-refractivity contribution in [3.63, 3.8) is 0 Å². The fourth-order valence-electron chi connectivity index (χ4n) is 2.18. The van der Waals surface area contributed by atoms with E-state index < -0.39 is 0 Å². The first-order valence-electron chi connectivity index (χ1n) is 6.55. The number of nitrogens with one attached hydrogen (secondary N) is 1. The van der Waals surface area contributed by atoms with Crippen LogP contribution in [-0.2, 0) is 0 Å². The topological polar surface area (TPSA) is 76.8 Å². The molecule has 0 bridgehead atoms. The summed E-state index contributed by atoms with van der Waals surface area (Å²) in [5.74, 6) is 7.22. The van der Waals surface area contributed by atoms with Crippen molar-refractivity contribution >= 4 is 32.7 Å². The second-order valence-electron chi connectivity index (χ2n) is 4.71. The summed E-state index contributed by atoms with van der Waals surface area (Å²) in [5, 5.41) is 1.01. The van der Waals surface area contributed by atoms with Crippen LogP contribution in [0, 0.1) is 18.8 Å². The predicted molar refractivity (Wildman–Crippen MR) is 89.7 cm³/mol. The van der Waals surface area contributed by atoms with E-state index in [9.17, 15) is 0 Å². The number of aromatic amines is 1. The SMILES string of the molecule is COc1ccc2[nH]c(C)c(C#Cc3nc(Br)cnc3N)c2c1. The fraction of sp³-hybridized carbons (Fsp3) is 0.125. The zero-order valence-corrected chi connectivity index (χ0v) is 13.7. The van der Waals surface area contributed by atoms with Crippen LogP contribution in [0.4, 0.5) is 5.82 Å². The summed E-state index contributed by atoms with van der Waals surface area (Å²) in [4.78, 5) is 11.6. The van der Waals surface area contributed by atoms with Gasteiger partial charge in [-0.15, -0.1) is 0 Å². The lowest BCUT2D eigenvalue weighted by atomic mass is 10.1. The summed E-state index contributed by atoms with van der Waals surface area (Å²) < 4.78 is 5.87. The number of aromatic nitrogens is 3. The number of methoxy groups -OCH3 is 1. The van der Waals surface area contributed by atoms with Crippen molar-refractivity contribution in [1.29, 1.82) is 0 Å². The molecule has 0 saturated heterocycles. The molecule has 22 heavy (non-hydrogen) atoms. The van der Waals surface area contributed by atoms with Crippen molar-refractivity contribution in [2.24, 2.45) is 0 Å². The Bertz CT molecular complexity index is 921. The minimum absolute atomic E-state index is 0.311. The molecule has 3 rings (SSSR count). The summed E-state index contributed by atoms with van der Waals surface area (Å²) in [6.45, 7) is 1.98. The maximum atomic E-state index is 5.80. The van der Waals surface area contributed by atoms with Crippen LogP contribution in [0.25, 0.3) is 10.9 Å². The highest BCUT2D eigenvalue weighted by atomic mass is 79.9. The average molecular weight is 357 g/mol. The van der Waals surface area contributed by atoms with Crippen LogP contribution in [0.1, 0.15) is 17.0 Å². The smallest absolute Gasteiger partial charge is 0.158 e. The molecule has 5 nitrogen and oxygen atoms in total. The maximum Gasteiger partial charge on any atom is 0.158 e. The van der Waals surface area contributed by atoms with Crippen LogP contribution in [0.3, 0.4) is 0 Å². The van der Waals surface area contributed by atoms with Crippen LogP contribution in [0.2, 0.25) is 0 Å². The molecule has 2 heterocycles. The number of halogens is 1. The number of hydrogen-bond donors (Lipinski definition) is 2. The highest BCUT2D eigenvalue weighted by Gasteiger charge is 2.08. The summed E-state index contributed by atoms with van der Waals surface area (Å²) in [7, 11) is 1.64. The number of nitrogens with zero attached hydrogens (tertiary/aromatic N) is 2. The molecule has 2 aromatic heterocycles. The molecule has 0 spiro atoms. The molecule has 0 unspecified atom stereocenters. The van der Waals surface area contributed by atoms with Gasteiger partial charge in [0.1, 0.15) is 10.4 Å². The molecule has 0 radical (unpaired) electrons. The monoisotopic (exact) mass is 356 g/mol. The van der Waals surface area contributed by atoms with E-state index in [1.165, 1.54) is 0 Å². The number of anilines is 1. The lowest BCUT2D eigenvalue weighted by Crippen LogP contribution is -1.97. The molecule has 110 valence electrons. The summed E-state index contributed by atoms with van der Waals surface area (Å²) in [6, 6.07) is 5.84. The Labute approximate surface area is 136 Å². The van der Waals surface area contributed by atoms with Gasteiger partial charge in [0.05, 0.1) is 18.9 Å². The number of nitrogen functional groups attached to an aromatic ring is 1. The third kappa shape index (κ3) is 2.63. The van der Waals surface area contributed by atoms with E-state index in [4.69, 9.17) is 10.5 Å². The van der Waals surface area contributed by atoms with Crippen LogP contribution >= 0.6 is 15.9 Å². The third-order valence-corrected chi connectivity index (χ3v) is 3.65. The number of aryl methyl sites for hydroxylation is 1. The maximum absolute atomic E-state index is 5.80. The van der Waals surface area contributed by atoms with Crippen LogP contribution in [0.15, 0.2) is 29.0 Å². The number of H-pyrrole nitrogens is 1. The molecule has 0 amide bonds. The van der Waals surface area contributed by atoms with Gasteiger partial charge in [-0.05, 0) is 47.0 Å². The molecule has 0 aliphatic carbocycles. The van der Waals surface area contributed by atoms with Gasteiger partial charge in [0.15, 0.2) is 11.5 Å². The Morgan fingerprint density at radius 1 is 1.32 bits per heavy atom. The first-order chi connectivity index (χ1) is 10.6. The van der Waals surface area contributed by atoms with E-state index in [1.54, 1.807) is 13.3 Å². The van der Waals surface area contributed by atoms with Gasteiger partial charge in [-0.2, -0.15) is 0 Å². The zero-order valence-electron chi connectivity index (χ0n) is 12.1. The van der Waals surface area contributed by atoms with Crippen molar-refractivity contribution in [3.8, 4) is 17.6 Å². The van der Waals surface area contributed by atoms with Gasteiger partial charge >= 0.3 is 0 Å². The van der Waals surface area contributed by atoms with Crippen molar-refractivity contribution in [2.75, 3.05) is 12.8 Å². The van der Waals surface area contributed by atoms with Gasteiger partial charge in [-0.3, -0.25) is 0 Å². The number of nitrogens with two attached hydrogens (primary N) is 1. The molecule has 1 aromatic carbocycles. The van der Waals surface area contributed by atoms with E-state index in [1.807, 2.05) is 25.1 Å². The standard InChI is InChI=1S/C16H13BrN4O/c1-9-11(4-6-14-16(18)19-8-15(17)21-14)12-7-10(22-2)3-5-13(12)20-9/h3,5,7-8,20H,1-2H3,(H2,18,19). The fourth-order valence-corrected chi connectivity index (χ4v) is 2.46. The largest absolute Gasteiger partial charge is 0.497 e. The van der Waals surface area contributed by atoms with Crippen LogP contribution in [0.5, 0.6) is 5.75 Å². The Morgan fingerprint density at radius 2 is 2.14 bits per heavy atom. The third-order valence-electron chi connectivity index (χ3n) is 3.27. The number of hydrogen-bond acceptors (Lipinski definition) is 4. The van der Waals surface area contributed by atoms with Crippen LogP contribution < -0.4 is 10.5 Å². The first-order valence-corrected chi connectivity index (χ1v) is 7.34. The minimum atomic E-state index is 0.311. The van der Waals surface area contributed by atoms with Crippen molar-refractivity contribution in [2.45, 2.75) is 6.92 Å². The number of ether oxygens (including phenoxy) is 1. The van der Waals surface area contributed by atoms with E-state index in [0.717, 1.165) is 27.9 Å². The van der Waals surface area contributed by atoms with Gasteiger partial charge in [0, 0.05) is 16.6 Å². The molecule has 0 aliphatic rings. The number of fused-ring (bicyclic) bond motifs is 1. The molecule has 0 aliphatic heterocycles. The minimum Gasteiger partial charge on any atom is -0.497 e. The van der Waals surface area contributed by atoms with Gasteiger partial charge < -0.3 is 15.5 Å². The Hall–Kier alpha value is -2.52. The lowest BCUT2D eigenvalue weighted by molar-refractivity contribution is 0.415. The Balaban J connectivity index is 2.13. The lowest BCUT2D eigenvalue weighted by Gasteiger charge is -1.99. The van der Waals surface area contributed by atoms with E-state index >= 15 is 0 Å². The molecule has 3 aromatic rings. The molecular weight excluding hydrogens is 344 g/mol. The Kier molecular flexibility index (Phi) is 3.73. The summed E-state index contributed by atoms with van der Waals surface area (Å²) in [5.41, 5.74) is 9.14. The van der Waals surface area contributed by atoms with E-state index in [-0.39, 0.29) is 0 Å². The van der Waals surface area contributed by atoms with Crippen LogP contribution in [-0.4, -0.2) is 22.1 Å². The molecule has 3 N–H and O–H groups in total. The van der Waals surface area contributed by atoms with E-state index in [0.29, 0.717) is 16.1 Å². The first kappa shape index (κ1) is 14.4. The number of rotatable bonds is 1. The molecule has 0 atom stereocenters. The normalized spacial score (nSPS) is 10.3. The molecule has 0 saturated carbocycles. The quantitative estimate of drug-likeness (QED) is 0.657. The second-order valence-corrected chi connectivity index (χ2v) is 5.53. The Morgan fingerprint density at radius 3 is 2.91 bits per heavy atom. The van der Waals surface area contributed by atoms with Crippen molar-refractivity contribution in [3.05, 3.63) is 46.0 Å². The molecule has 6 heteroatoms. The van der Waals surface area contributed by atoms with Gasteiger partial charge in [-0.25, -0.2) is 9.97 Å². The molecular formula is C16H13BrN4O. The summed E-state index contributed by atoms with van der Waals surface area (Å²) >= 11 is 3.27. The number of benzene rings is 1. The zero-order chi connectivity index (χ0) is 15.7. The van der Waals surface area contributed by atoms with Gasteiger partial charge in [0.25, 0.3) is 0 Å². The second kappa shape index (κ2) is 5.70.